The van der Waals surface area contributed by atoms with Crippen LogP contribution in [0, 0.1) is 11.8 Å². The summed E-state index contributed by atoms with van der Waals surface area (Å²) in [7, 11) is -3.43. The van der Waals surface area contributed by atoms with Gasteiger partial charge in [-0.1, -0.05) is 13.3 Å². The maximum atomic E-state index is 12.2. The van der Waals surface area contributed by atoms with Crippen molar-refractivity contribution < 1.29 is 23.1 Å². The highest BCUT2D eigenvalue weighted by Crippen LogP contribution is 2.42. The number of carboxylic acid groups (broad SMARTS) is 1. The fourth-order valence-electron chi connectivity index (χ4n) is 3.53. The molecular formula is C13H21NO5S. The summed E-state index contributed by atoms with van der Waals surface area (Å²) in [5.74, 6) is -1.96. The van der Waals surface area contributed by atoms with Crippen molar-refractivity contribution in [1.29, 1.82) is 0 Å². The van der Waals surface area contributed by atoms with Crippen LogP contribution in [-0.4, -0.2) is 54.4 Å². The highest BCUT2D eigenvalue weighted by Gasteiger charge is 2.49. The highest BCUT2D eigenvalue weighted by atomic mass is 32.2. The fourth-order valence-corrected chi connectivity index (χ4v) is 4.84. The van der Waals surface area contributed by atoms with Gasteiger partial charge in [-0.25, -0.2) is 13.2 Å². The van der Waals surface area contributed by atoms with E-state index in [0.29, 0.717) is 13.0 Å². The molecule has 3 unspecified atom stereocenters. The third-order valence-electron chi connectivity index (χ3n) is 4.32. The molecule has 1 amide bonds. The van der Waals surface area contributed by atoms with Crippen molar-refractivity contribution in [3.63, 3.8) is 0 Å². The van der Waals surface area contributed by atoms with Gasteiger partial charge in [0, 0.05) is 6.54 Å². The molecule has 3 atom stereocenters. The summed E-state index contributed by atoms with van der Waals surface area (Å²) in [4.78, 5) is 24.9. The Balaban J connectivity index is 2.11. The van der Waals surface area contributed by atoms with E-state index in [2.05, 4.69) is 0 Å². The van der Waals surface area contributed by atoms with Gasteiger partial charge in [-0.05, 0) is 31.1 Å². The van der Waals surface area contributed by atoms with Gasteiger partial charge in [0.05, 0.1) is 5.75 Å². The Morgan fingerprint density at radius 1 is 1.30 bits per heavy atom. The lowest BCUT2D eigenvalue weighted by molar-refractivity contribution is -0.148. The van der Waals surface area contributed by atoms with Gasteiger partial charge in [-0.2, -0.15) is 0 Å². The molecule has 2 aliphatic rings. The van der Waals surface area contributed by atoms with E-state index in [0.717, 1.165) is 19.3 Å². The minimum Gasteiger partial charge on any atom is -0.480 e. The molecule has 0 aromatic carbocycles. The third kappa shape index (κ3) is 2.97. The number of rotatable bonds is 5. The number of carbonyl (C=O) groups excluding carboxylic acids is 1. The normalized spacial score (nSPS) is 29.4. The van der Waals surface area contributed by atoms with Crippen molar-refractivity contribution in [3.8, 4) is 0 Å². The standard InChI is InChI=1S/C13H21NO5S/c1-2-6-20(18,19)8-11(15)14-7-9-4-3-5-10(9)12(14)13(16)17/h9-10,12H,2-8H2,1H3,(H,16,17). The zero-order valence-corrected chi connectivity index (χ0v) is 12.4. The van der Waals surface area contributed by atoms with Crippen LogP contribution in [0.15, 0.2) is 0 Å². The Hall–Kier alpha value is -1.11. The first-order valence-electron chi connectivity index (χ1n) is 7.08. The topological polar surface area (TPSA) is 91.8 Å². The second kappa shape index (κ2) is 5.71. The first-order chi connectivity index (χ1) is 9.35. The SMILES string of the molecule is CCCS(=O)(=O)CC(=O)N1CC2CCCC2C1C(=O)O. The number of fused-ring (bicyclic) bond motifs is 1. The van der Waals surface area contributed by atoms with Gasteiger partial charge in [-0.3, -0.25) is 4.79 Å². The van der Waals surface area contributed by atoms with Crippen LogP contribution in [0.25, 0.3) is 0 Å². The highest BCUT2D eigenvalue weighted by molar-refractivity contribution is 7.92. The van der Waals surface area contributed by atoms with Gasteiger partial charge in [0.25, 0.3) is 0 Å². The first kappa shape index (κ1) is 15.3. The van der Waals surface area contributed by atoms with E-state index in [9.17, 15) is 23.1 Å². The number of amides is 1. The van der Waals surface area contributed by atoms with Crippen LogP contribution in [0.2, 0.25) is 0 Å². The second-order valence-corrected chi connectivity index (χ2v) is 7.96. The Bertz CT molecular complexity index is 501. The van der Waals surface area contributed by atoms with E-state index in [1.165, 1.54) is 4.90 Å². The van der Waals surface area contributed by atoms with Crippen LogP contribution in [0.3, 0.4) is 0 Å². The molecule has 1 N–H and O–H groups in total. The molecule has 2 fully saturated rings. The van der Waals surface area contributed by atoms with Gasteiger partial charge in [0.1, 0.15) is 11.8 Å². The third-order valence-corrected chi connectivity index (χ3v) is 6.04. The predicted molar refractivity (Wildman–Crippen MR) is 72.9 cm³/mol. The average Bonchev–Trinajstić information content (AvgIpc) is 2.85. The summed E-state index contributed by atoms with van der Waals surface area (Å²) in [5, 5.41) is 9.34. The van der Waals surface area contributed by atoms with E-state index >= 15 is 0 Å². The molecular weight excluding hydrogens is 282 g/mol. The Labute approximate surface area is 119 Å². The molecule has 114 valence electrons. The summed E-state index contributed by atoms with van der Waals surface area (Å²) in [6.07, 6.45) is 3.20. The van der Waals surface area contributed by atoms with Crippen LogP contribution >= 0.6 is 0 Å². The Kier molecular flexibility index (Phi) is 4.36. The molecule has 0 bridgehead atoms. The fraction of sp³-hybridized carbons (Fsp3) is 0.846. The van der Waals surface area contributed by atoms with Crippen LogP contribution < -0.4 is 0 Å². The second-order valence-electron chi connectivity index (χ2n) is 5.78. The van der Waals surface area contributed by atoms with Gasteiger partial charge in [0.15, 0.2) is 9.84 Å². The number of sulfone groups is 1. The lowest BCUT2D eigenvalue weighted by atomic mass is 9.94. The molecule has 6 nitrogen and oxygen atoms in total. The van der Waals surface area contributed by atoms with Gasteiger partial charge in [0.2, 0.25) is 5.91 Å². The monoisotopic (exact) mass is 303 g/mol. The van der Waals surface area contributed by atoms with E-state index in [1.54, 1.807) is 6.92 Å². The molecule has 1 aliphatic carbocycles. The Morgan fingerprint density at radius 2 is 2.00 bits per heavy atom. The quantitative estimate of drug-likeness (QED) is 0.799. The number of nitrogens with zero attached hydrogens (tertiary/aromatic N) is 1. The zero-order valence-electron chi connectivity index (χ0n) is 11.6. The molecule has 1 saturated heterocycles. The van der Waals surface area contributed by atoms with Crippen molar-refractivity contribution in [2.24, 2.45) is 11.8 Å². The average molecular weight is 303 g/mol. The predicted octanol–water partition coefficient (Wildman–Crippen LogP) is 0.523. The summed E-state index contributed by atoms with van der Waals surface area (Å²) in [6, 6.07) is -0.841. The maximum absolute atomic E-state index is 12.2. The maximum Gasteiger partial charge on any atom is 0.326 e. The largest absolute Gasteiger partial charge is 0.480 e. The molecule has 2 rings (SSSR count). The molecule has 1 aliphatic heterocycles. The summed E-state index contributed by atoms with van der Waals surface area (Å²) >= 11 is 0. The van der Waals surface area contributed by atoms with Crippen molar-refractivity contribution in [1.82, 2.24) is 4.90 Å². The zero-order chi connectivity index (χ0) is 14.9. The lowest BCUT2D eigenvalue weighted by Crippen LogP contribution is -2.45. The number of aliphatic carboxylic acids is 1. The summed E-state index contributed by atoms with van der Waals surface area (Å²) in [5.41, 5.74) is 0. The molecule has 7 heteroatoms. The van der Waals surface area contributed by atoms with Crippen molar-refractivity contribution in [2.45, 2.75) is 38.6 Å². The molecule has 1 saturated carbocycles. The number of likely N-dealkylation sites (tertiary alicyclic amines) is 1. The van der Waals surface area contributed by atoms with E-state index < -0.39 is 33.5 Å². The molecule has 1 heterocycles. The first-order valence-corrected chi connectivity index (χ1v) is 8.90. The molecule has 0 aromatic rings. The van der Waals surface area contributed by atoms with Crippen LogP contribution in [0.4, 0.5) is 0 Å². The van der Waals surface area contributed by atoms with Crippen molar-refractivity contribution >= 4 is 21.7 Å². The van der Waals surface area contributed by atoms with Crippen LogP contribution in [-0.2, 0) is 19.4 Å². The number of hydrogen-bond donors (Lipinski definition) is 1. The lowest BCUT2D eigenvalue weighted by Gasteiger charge is -2.24. The van der Waals surface area contributed by atoms with Crippen LogP contribution in [0.1, 0.15) is 32.6 Å². The molecule has 0 radical (unpaired) electrons. The number of hydrogen-bond acceptors (Lipinski definition) is 4. The van der Waals surface area contributed by atoms with Crippen LogP contribution in [0.5, 0.6) is 0 Å². The molecule has 20 heavy (non-hydrogen) atoms. The van der Waals surface area contributed by atoms with Crippen molar-refractivity contribution in [3.05, 3.63) is 0 Å². The van der Waals surface area contributed by atoms with E-state index in [-0.39, 0.29) is 17.6 Å². The van der Waals surface area contributed by atoms with Gasteiger partial charge < -0.3 is 10.0 Å². The minimum atomic E-state index is -3.43. The summed E-state index contributed by atoms with van der Waals surface area (Å²) < 4.78 is 23.5. The minimum absolute atomic E-state index is 0.00895. The van der Waals surface area contributed by atoms with Crippen molar-refractivity contribution in [2.75, 3.05) is 18.1 Å². The van der Waals surface area contributed by atoms with E-state index in [1.807, 2.05) is 0 Å². The molecule has 0 spiro atoms. The molecule has 0 aromatic heterocycles. The number of carbonyl (C=O) groups is 2. The van der Waals surface area contributed by atoms with E-state index in [4.69, 9.17) is 0 Å². The van der Waals surface area contributed by atoms with Gasteiger partial charge in [-0.15, -0.1) is 0 Å². The van der Waals surface area contributed by atoms with Gasteiger partial charge >= 0.3 is 5.97 Å². The smallest absolute Gasteiger partial charge is 0.326 e. The number of carboxylic acids is 1. The summed E-state index contributed by atoms with van der Waals surface area (Å²) in [6.45, 7) is 2.13. The Morgan fingerprint density at radius 3 is 2.60 bits per heavy atom.